The number of carbonyl (C=O) groups excluding carboxylic acids is 1. The van der Waals surface area contributed by atoms with Crippen LogP contribution in [0.2, 0.25) is 5.02 Å². The molecule has 26 heavy (non-hydrogen) atoms. The Labute approximate surface area is 176 Å². The number of amides is 1. The van der Waals surface area contributed by atoms with Gasteiger partial charge in [0.1, 0.15) is 5.82 Å². The van der Waals surface area contributed by atoms with Gasteiger partial charge >= 0.3 is 0 Å². The third-order valence-electron chi connectivity index (χ3n) is 4.68. The van der Waals surface area contributed by atoms with Crippen LogP contribution in [-0.2, 0) is 11.3 Å². The van der Waals surface area contributed by atoms with E-state index < -0.39 is 5.82 Å². The number of hydrogen-bond acceptors (Lipinski definition) is 2. The van der Waals surface area contributed by atoms with E-state index in [2.05, 4.69) is 15.6 Å². The largest absolute Gasteiger partial charge is 0.355 e. The van der Waals surface area contributed by atoms with Crippen molar-refractivity contribution in [3.63, 3.8) is 0 Å². The topological polar surface area (TPSA) is 56.7 Å². The molecule has 1 saturated carbocycles. The minimum absolute atomic E-state index is 0. The van der Waals surface area contributed by atoms with Crippen molar-refractivity contribution in [3.05, 3.63) is 34.6 Å². The zero-order chi connectivity index (χ0) is 18.4. The number of guanidine groups is 1. The van der Waals surface area contributed by atoms with Crippen LogP contribution < -0.4 is 10.6 Å². The molecular formula is C18H27ClFIN4O. The van der Waals surface area contributed by atoms with E-state index in [1.54, 1.807) is 38.2 Å². The molecule has 1 amide bonds. The lowest BCUT2D eigenvalue weighted by Gasteiger charge is -2.31. The van der Waals surface area contributed by atoms with Crippen LogP contribution in [-0.4, -0.2) is 44.5 Å². The van der Waals surface area contributed by atoms with Gasteiger partial charge in [0.05, 0.1) is 10.4 Å². The van der Waals surface area contributed by atoms with Crippen LogP contribution in [0.1, 0.15) is 31.2 Å². The maximum atomic E-state index is 13.2. The molecule has 0 bridgehead atoms. The van der Waals surface area contributed by atoms with Crippen LogP contribution in [0.4, 0.5) is 4.39 Å². The van der Waals surface area contributed by atoms with Gasteiger partial charge in [0.2, 0.25) is 5.91 Å². The fraction of sp³-hybridized carbons (Fsp3) is 0.556. The number of carbonyl (C=O) groups is 1. The number of nitrogens with one attached hydrogen (secondary N) is 2. The van der Waals surface area contributed by atoms with E-state index in [1.165, 1.54) is 6.07 Å². The predicted octanol–water partition coefficient (Wildman–Crippen LogP) is 3.41. The number of hydrogen-bond donors (Lipinski definition) is 2. The van der Waals surface area contributed by atoms with E-state index in [9.17, 15) is 9.18 Å². The normalized spacial score (nSPS) is 16.0. The lowest BCUT2D eigenvalue weighted by molar-refractivity contribution is -0.138. The van der Waals surface area contributed by atoms with Gasteiger partial charge in [0.25, 0.3) is 0 Å². The van der Waals surface area contributed by atoms with Crippen molar-refractivity contribution in [2.24, 2.45) is 10.4 Å². The van der Waals surface area contributed by atoms with Gasteiger partial charge in [-0.1, -0.05) is 30.5 Å². The lowest BCUT2D eigenvalue weighted by Crippen LogP contribution is -2.49. The molecule has 1 aliphatic carbocycles. The fourth-order valence-corrected chi connectivity index (χ4v) is 3.50. The van der Waals surface area contributed by atoms with Gasteiger partial charge in [-0.25, -0.2) is 4.39 Å². The van der Waals surface area contributed by atoms with Crippen LogP contribution in [0, 0.1) is 11.2 Å². The molecule has 0 unspecified atom stereocenters. The molecule has 0 aliphatic heterocycles. The highest BCUT2D eigenvalue weighted by Gasteiger charge is 2.42. The fourth-order valence-electron chi connectivity index (χ4n) is 3.30. The first-order valence-electron chi connectivity index (χ1n) is 8.48. The van der Waals surface area contributed by atoms with E-state index in [0.29, 0.717) is 19.0 Å². The highest BCUT2D eigenvalue weighted by Crippen LogP contribution is 2.38. The minimum atomic E-state index is -0.432. The SMILES string of the molecule is CN=C(NCc1ccc(F)c(Cl)c1)NCC1(C(=O)N(C)C)CCCC1.I. The summed E-state index contributed by atoms with van der Waals surface area (Å²) in [7, 11) is 5.28. The Morgan fingerprint density at radius 3 is 2.50 bits per heavy atom. The number of aliphatic imine (C=N–C) groups is 1. The Morgan fingerprint density at radius 1 is 1.31 bits per heavy atom. The standard InChI is InChI=1S/C18H26ClFN4O.HI/c1-21-17(22-11-13-6-7-15(20)14(19)10-13)23-12-18(8-4-5-9-18)16(25)24(2)3;/h6-7,10H,4-5,8-9,11-12H2,1-3H3,(H2,21,22,23);1H. The Morgan fingerprint density at radius 2 is 1.96 bits per heavy atom. The summed E-state index contributed by atoms with van der Waals surface area (Å²) in [5.41, 5.74) is 0.495. The zero-order valence-corrected chi connectivity index (χ0v) is 18.5. The quantitative estimate of drug-likeness (QED) is 0.373. The summed E-state index contributed by atoms with van der Waals surface area (Å²) in [4.78, 5) is 18.5. The minimum Gasteiger partial charge on any atom is -0.355 e. The predicted molar refractivity (Wildman–Crippen MR) is 115 cm³/mol. The summed E-state index contributed by atoms with van der Waals surface area (Å²) >= 11 is 5.80. The molecular weight excluding hydrogens is 470 g/mol. The number of benzene rings is 1. The molecule has 0 atom stereocenters. The van der Waals surface area contributed by atoms with Crippen molar-refractivity contribution in [1.29, 1.82) is 0 Å². The van der Waals surface area contributed by atoms with Gasteiger partial charge in [0, 0.05) is 34.2 Å². The number of halogens is 3. The van der Waals surface area contributed by atoms with Gasteiger partial charge in [0.15, 0.2) is 5.96 Å². The van der Waals surface area contributed by atoms with Gasteiger partial charge in [-0.15, -0.1) is 24.0 Å². The van der Waals surface area contributed by atoms with Crippen molar-refractivity contribution >= 4 is 47.4 Å². The second kappa shape index (κ2) is 10.3. The molecule has 5 nitrogen and oxygen atoms in total. The average Bonchev–Trinajstić information content (AvgIpc) is 3.07. The summed E-state index contributed by atoms with van der Waals surface area (Å²) in [6.07, 6.45) is 3.92. The van der Waals surface area contributed by atoms with Crippen molar-refractivity contribution in [1.82, 2.24) is 15.5 Å². The van der Waals surface area contributed by atoms with Crippen LogP contribution in [0.15, 0.2) is 23.2 Å². The highest BCUT2D eigenvalue weighted by molar-refractivity contribution is 14.0. The molecule has 2 rings (SSSR count). The van der Waals surface area contributed by atoms with Crippen molar-refractivity contribution in [3.8, 4) is 0 Å². The second-order valence-electron chi connectivity index (χ2n) is 6.71. The molecule has 0 saturated heterocycles. The summed E-state index contributed by atoms with van der Waals surface area (Å²) in [6.45, 7) is 1.02. The molecule has 2 N–H and O–H groups in total. The average molecular weight is 497 g/mol. The molecule has 0 heterocycles. The summed E-state index contributed by atoms with van der Waals surface area (Å²) in [6, 6.07) is 4.61. The Bertz CT molecular complexity index is 648. The van der Waals surface area contributed by atoms with E-state index in [4.69, 9.17) is 11.6 Å². The first-order chi connectivity index (χ1) is 11.9. The van der Waals surface area contributed by atoms with Crippen LogP contribution in [0.5, 0.6) is 0 Å². The summed E-state index contributed by atoms with van der Waals surface area (Å²) in [5, 5.41) is 6.54. The molecule has 0 radical (unpaired) electrons. The van der Waals surface area contributed by atoms with Crippen LogP contribution >= 0.6 is 35.6 Å². The molecule has 1 aliphatic rings. The molecule has 8 heteroatoms. The zero-order valence-electron chi connectivity index (χ0n) is 15.4. The van der Waals surface area contributed by atoms with Gasteiger partial charge in [-0.3, -0.25) is 9.79 Å². The second-order valence-corrected chi connectivity index (χ2v) is 7.12. The molecule has 0 aromatic heterocycles. The monoisotopic (exact) mass is 496 g/mol. The van der Waals surface area contributed by atoms with E-state index in [0.717, 1.165) is 31.2 Å². The van der Waals surface area contributed by atoms with E-state index in [1.807, 2.05) is 0 Å². The van der Waals surface area contributed by atoms with Crippen LogP contribution in [0.25, 0.3) is 0 Å². The maximum Gasteiger partial charge on any atom is 0.230 e. The molecule has 1 aromatic rings. The molecule has 146 valence electrons. The molecule has 1 fully saturated rings. The third kappa shape index (κ3) is 5.70. The molecule has 0 spiro atoms. The Hall–Kier alpha value is -1.09. The highest BCUT2D eigenvalue weighted by atomic mass is 127. The Kier molecular flexibility index (Phi) is 9.09. The lowest BCUT2D eigenvalue weighted by atomic mass is 9.84. The number of rotatable bonds is 5. The maximum absolute atomic E-state index is 13.2. The van der Waals surface area contributed by atoms with E-state index >= 15 is 0 Å². The first-order valence-corrected chi connectivity index (χ1v) is 8.86. The van der Waals surface area contributed by atoms with Gasteiger partial charge in [-0.2, -0.15) is 0 Å². The molecule has 1 aromatic carbocycles. The summed E-state index contributed by atoms with van der Waals surface area (Å²) < 4.78 is 13.2. The number of nitrogens with zero attached hydrogens (tertiary/aromatic N) is 2. The van der Waals surface area contributed by atoms with Crippen molar-refractivity contribution < 1.29 is 9.18 Å². The van der Waals surface area contributed by atoms with E-state index in [-0.39, 0.29) is 40.3 Å². The summed E-state index contributed by atoms with van der Waals surface area (Å²) in [5.74, 6) is 0.342. The Balaban J connectivity index is 0.00000338. The van der Waals surface area contributed by atoms with Crippen molar-refractivity contribution in [2.75, 3.05) is 27.7 Å². The third-order valence-corrected chi connectivity index (χ3v) is 4.97. The first kappa shape index (κ1) is 23.0. The van der Waals surface area contributed by atoms with Gasteiger partial charge < -0.3 is 15.5 Å². The smallest absolute Gasteiger partial charge is 0.230 e. The van der Waals surface area contributed by atoms with Crippen molar-refractivity contribution in [2.45, 2.75) is 32.2 Å². The van der Waals surface area contributed by atoms with Crippen LogP contribution in [0.3, 0.4) is 0 Å². The van der Waals surface area contributed by atoms with Gasteiger partial charge in [-0.05, 0) is 30.5 Å².